The van der Waals surface area contributed by atoms with E-state index in [1.165, 1.54) is 0 Å². The molecule has 2 N–H and O–H groups in total. The van der Waals surface area contributed by atoms with E-state index in [1.54, 1.807) is 13.3 Å². The van der Waals surface area contributed by atoms with Crippen molar-refractivity contribution in [3.63, 3.8) is 0 Å². The van der Waals surface area contributed by atoms with Crippen LogP contribution < -0.4 is 15.4 Å². The zero-order valence-electron chi connectivity index (χ0n) is 9.42. The highest BCUT2D eigenvalue weighted by atomic mass is 16.5. The third kappa shape index (κ3) is 4.27. The molecule has 15 heavy (non-hydrogen) atoms. The fraction of sp³-hybridized carbons (Fsp3) is 0.545. The Morgan fingerprint density at radius 2 is 2.27 bits per heavy atom. The minimum atomic E-state index is 0.707. The van der Waals surface area contributed by atoms with Crippen LogP contribution in [0.4, 0.5) is 0 Å². The summed E-state index contributed by atoms with van der Waals surface area (Å²) < 4.78 is 5.16. The van der Waals surface area contributed by atoms with Gasteiger partial charge in [-0.15, -0.1) is 0 Å². The van der Waals surface area contributed by atoms with Gasteiger partial charge in [-0.3, -0.25) is 0 Å². The van der Waals surface area contributed by atoms with Crippen molar-refractivity contribution in [1.29, 1.82) is 0 Å². The van der Waals surface area contributed by atoms with Crippen LogP contribution in [0, 0.1) is 0 Å². The third-order valence-electron chi connectivity index (χ3n) is 2.14. The Morgan fingerprint density at radius 3 is 3.00 bits per heavy atom. The Morgan fingerprint density at radius 1 is 1.40 bits per heavy atom. The molecule has 0 spiro atoms. The Bertz CT molecular complexity index is 278. The van der Waals surface area contributed by atoms with Gasteiger partial charge in [0.2, 0.25) is 5.88 Å². The van der Waals surface area contributed by atoms with Crippen LogP contribution in [-0.4, -0.2) is 32.2 Å². The number of methoxy groups -OCH3 is 1. The molecule has 0 saturated carbocycles. The first-order valence-electron chi connectivity index (χ1n) is 5.21. The lowest BCUT2D eigenvalue weighted by Gasteiger charge is -2.07. The highest BCUT2D eigenvalue weighted by Crippen LogP contribution is 2.12. The van der Waals surface area contributed by atoms with Crippen molar-refractivity contribution in [2.45, 2.75) is 13.0 Å². The maximum atomic E-state index is 5.16. The topological polar surface area (TPSA) is 46.2 Å². The first-order valence-corrected chi connectivity index (χ1v) is 5.21. The molecule has 0 saturated heterocycles. The molecule has 0 aliphatic heterocycles. The quantitative estimate of drug-likeness (QED) is 0.652. The second-order valence-electron chi connectivity index (χ2n) is 3.31. The summed E-state index contributed by atoms with van der Waals surface area (Å²) >= 11 is 0. The summed E-state index contributed by atoms with van der Waals surface area (Å²) in [5, 5.41) is 6.46. The molecule has 0 atom stereocenters. The SMILES string of the molecule is CNCCCNCc1cccnc1OC. The van der Waals surface area contributed by atoms with Crippen LogP contribution in [0.5, 0.6) is 5.88 Å². The van der Waals surface area contributed by atoms with E-state index in [9.17, 15) is 0 Å². The molecule has 4 heteroatoms. The predicted molar refractivity (Wildman–Crippen MR) is 61.0 cm³/mol. The molecule has 0 aliphatic rings. The number of hydrogen-bond acceptors (Lipinski definition) is 4. The van der Waals surface area contributed by atoms with E-state index >= 15 is 0 Å². The normalized spacial score (nSPS) is 10.3. The summed E-state index contributed by atoms with van der Waals surface area (Å²) in [4.78, 5) is 4.14. The van der Waals surface area contributed by atoms with Crippen LogP contribution in [0.3, 0.4) is 0 Å². The van der Waals surface area contributed by atoms with Gasteiger partial charge in [0.1, 0.15) is 0 Å². The number of hydrogen-bond donors (Lipinski definition) is 2. The number of aromatic nitrogens is 1. The van der Waals surface area contributed by atoms with Gasteiger partial charge in [-0.25, -0.2) is 4.98 Å². The number of ether oxygens (including phenoxy) is 1. The average molecular weight is 209 g/mol. The van der Waals surface area contributed by atoms with Crippen molar-refractivity contribution in [3.8, 4) is 5.88 Å². The molecule has 0 radical (unpaired) electrons. The van der Waals surface area contributed by atoms with Gasteiger partial charge < -0.3 is 15.4 Å². The van der Waals surface area contributed by atoms with E-state index in [0.29, 0.717) is 5.88 Å². The minimum Gasteiger partial charge on any atom is -0.481 e. The van der Waals surface area contributed by atoms with E-state index in [0.717, 1.165) is 31.6 Å². The second kappa shape index (κ2) is 7.20. The molecule has 1 aromatic heterocycles. The zero-order chi connectivity index (χ0) is 10.9. The highest BCUT2D eigenvalue weighted by Gasteiger charge is 2.01. The van der Waals surface area contributed by atoms with E-state index in [-0.39, 0.29) is 0 Å². The molecule has 0 amide bonds. The molecule has 1 heterocycles. The number of rotatable bonds is 7. The lowest BCUT2D eigenvalue weighted by atomic mass is 10.2. The van der Waals surface area contributed by atoms with Gasteiger partial charge in [0.05, 0.1) is 7.11 Å². The third-order valence-corrected chi connectivity index (χ3v) is 2.14. The van der Waals surface area contributed by atoms with Crippen LogP contribution in [0.2, 0.25) is 0 Å². The van der Waals surface area contributed by atoms with Crippen LogP contribution in [0.1, 0.15) is 12.0 Å². The Kier molecular flexibility index (Phi) is 5.73. The second-order valence-corrected chi connectivity index (χ2v) is 3.31. The summed E-state index contributed by atoms with van der Waals surface area (Å²) in [6.45, 7) is 2.84. The van der Waals surface area contributed by atoms with Crippen LogP contribution in [0.25, 0.3) is 0 Å². The standard InChI is InChI=1S/C11H19N3O/c1-12-6-4-7-13-9-10-5-3-8-14-11(10)15-2/h3,5,8,12-13H,4,6-7,9H2,1-2H3. The van der Waals surface area contributed by atoms with Gasteiger partial charge in [0, 0.05) is 18.3 Å². The molecule has 1 rings (SSSR count). The van der Waals surface area contributed by atoms with E-state index < -0.39 is 0 Å². The lowest BCUT2D eigenvalue weighted by molar-refractivity contribution is 0.390. The smallest absolute Gasteiger partial charge is 0.217 e. The number of nitrogens with zero attached hydrogens (tertiary/aromatic N) is 1. The van der Waals surface area contributed by atoms with Crippen molar-refractivity contribution in [3.05, 3.63) is 23.9 Å². The fourth-order valence-electron chi connectivity index (χ4n) is 1.36. The van der Waals surface area contributed by atoms with Gasteiger partial charge in [-0.1, -0.05) is 6.07 Å². The summed E-state index contributed by atoms with van der Waals surface area (Å²) in [5.74, 6) is 0.707. The summed E-state index contributed by atoms with van der Waals surface area (Å²) in [6, 6.07) is 3.95. The van der Waals surface area contributed by atoms with Crippen molar-refractivity contribution < 1.29 is 4.74 Å². The maximum Gasteiger partial charge on any atom is 0.217 e. The summed E-state index contributed by atoms with van der Waals surface area (Å²) in [5.41, 5.74) is 1.10. The summed E-state index contributed by atoms with van der Waals surface area (Å²) in [7, 11) is 3.61. The fourth-order valence-corrected chi connectivity index (χ4v) is 1.36. The number of nitrogens with one attached hydrogen (secondary N) is 2. The first-order chi connectivity index (χ1) is 7.38. The van der Waals surface area contributed by atoms with Gasteiger partial charge >= 0.3 is 0 Å². The lowest BCUT2D eigenvalue weighted by Crippen LogP contribution is -2.19. The van der Waals surface area contributed by atoms with E-state index in [4.69, 9.17) is 4.74 Å². The molecular formula is C11H19N3O. The van der Waals surface area contributed by atoms with Crippen LogP contribution >= 0.6 is 0 Å². The monoisotopic (exact) mass is 209 g/mol. The first kappa shape index (κ1) is 11.9. The van der Waals surface area contributed by atoms with Gasteiger partial charge in [-0.05, 0) is 32.6 Å². The van der Waals surface area contributed by atoms with Crippen LogP contribution in [-0.2, 0) is 6.54 Å². The van der Waals surface area contributed by atoms with Crippen LogP contribution in [0.15, 0.2) is 18.3 Å². The van der Waals surface area contributed by atoms with E-state index in [2.05, 4.69) is 15.6 Å². The molecule has 0 unspecified atom stereocenters. The average Bonchev–Trinajstić information content (AvgIpc) is 2.29. The van der Waals surface area contributed by atoms with Gasteiger partial charge in [-0.2, -0.15) is 0 Å². The molecule has 0 aliphatic carbocycles. The van der Waals surface area contributed by atoms with Crippen molar-refractivity contribution in [2.75, 3.05) is 27.2 Å². The molecular weight excluding hydrogens is 190 g/mol. The maximum absolute atomic E-state index is 5.16. The Hall–Kier alpha value is -1.13. The highest BCUT2D eigenvalue weighted by molar-refractivity contribution is 5.24. The molecule has 0 aromatic carbocycles. The van der Waals surface area contributed by atoms with Gasteiger partial charge in [0.15, 0.2) is 0 Å². The largest absolute Gasteiger partial charge is 0.481 e. The zero-order valence-corrected chi connectivity index (χ0v) is 9.42. The summed E-state index contributed by atoms with van der Waals surface area (Å²) in [6.07, 6.45) is 2.86. The predicted octanol–water partition coefficient (Wildman–Crippen LogP) is 0.789. The number of pyridine rings is 1. The molecule has 0 bridgehead atoms. The minimum absolute atomic E-state index is 0.707. The van der Waals surface area contributed by atoms with Crippen molar-refractivity contribution in [2.24, 2.45) is 0 Å². The molecule has 1 aromatic rings. The van der Waals surface area contributed by atoms with Crippen molar-refractivity contribution in [1.82, 2.24) is 15.6 Å². The molecule has 84 valence electrons. The Labute approximate surface area is 91.1 Å². The Balaban J connectivity index is 2.30. The molecule has 4 nitrogen and oxygen atoms in total. The van der Waals surface area contributed by atoms with Crippen molar-refractivity contribution >= 4 is 0 Å². The van der Waals surface area contributed by atoms with E-state index in [1.807, 2.05) is 19.2 Å². The molecule has 0 fully saturated rings. The van der Waals surface area contributed by atoms with Gasteiger partial charge in [0.25, 0.3) is 0 Å².